The molecule has 3 aliphatic heterocycles. The van der Waals surface area contributed by atoms with Crippen molar-refractivity contribution >= 4 is 70.0 Å². The number of rotatable bonds is 8. The van der Waals surface area contributed by atoms with Gasteiger partial charge in [0.1, 0.15) is 0 Å². The zero-order valence-electron chi connectivity index (χ0n) is 27.8. The summed E-state index contributed by atoms with van der Waals surface area (Å²) < 4.78 is 83.6. The maximum atomic E-state index is 14.1. The van der Waals surface area contributed by atoms with Gasteiger partial charge in [-0.3, -0.25) is 0 Å². The van der Waals surface area contributed by atoms with Crippen LogP contribution in [-0.2, 0) is 33.1 Å². The molecule has 0 radical (unpaired) electrons. The Morgan fingerprint density at radius 1 is 0.679 bits per heavy atom. The van der Waals surface area contributed by atoms with Crippen LogP contribution >= 0.6 is 38.6 Å². The molecule has 1 unspecified atom stereocenters. The van der Waals surface area contributed by atoms with Gasteiger partial charge in [-0.25, -0.2) is 0 Å². The van der Waals surface area contributed by atoms with Crippen LogP contribution in [0.1, 0.15) is 11.1 Å². The summed E-state index contributed by atoms with van der Waals surface area (Å²) in [5.74, 6) is 2.28. The van der Waals surface area contributed by atoms with Crippen molar-refractivity contribution in [3.63, 3.8) is 0 Å². The van der Waals surface area contributed by atoms with Gasteiger partial charge in [0.25, 0.3) is 0 Å². The quantitative estimate of drug-likeness (QED) is 0.148. The molecule has 0 saturated heterocycles. The van der Waals surface area contributed by atoms with Crippen LogP contribution in [0.15, 0.2) is 111 Å². The monoisotopic (exact) mass is 961 g/mol. The SMILES string of the molecule is COc1ccc(S(=O)(=O)N2Cc3cc4c(cc3-c3sc(Br)cc32)OC([I-]c2cc3c(s2)-c2ccccc2CN3S(=O)(=O)c2ccc(OC)cc2)O4)cc1. The molecule has 4 aromatic carbocycles. The Balaban J connectivity index is 1.01. The number of nitrogens with zero attached hydrogens (tertiary/aromatic N) is 2. The van der Waals surface area contributed by atoms with Crippen LogP contribution in [0.5, 0.6) is 23.0 Å². The van der Waals surface area contributed by atoms with E-state index < -0.39 is 45.5 Å². The van der Waals surface area contributed by atoms with E-state index in [1.54, 1.807) is 67.0 Å². The predicted molar refractivity (Wildman–Crippen MR) is 204 cm³/mol. The third-order valence-electron chi connectivity index (χ3n) is 9.14. The summed E-state index contributed by atoms with van der Waals surface area (Å²) in [4.78, 5) is 2.04. The van der Waals surface area contributed by atoms with Crippen molar-refractivity contribution in [1.82, 2.24) is 0 Å². The van der Waals surface area contributed by atoms with E-state index in [9.17, 15) is 16.8 Å². The van der Waals surface area contributed by atoms with Crippen molar-refractivity contribution in [1.29, 1.82) is 0 Å². The van der Waals surface area contributed by atoms with Gasteiger partial charge in [0.15, 0.2) is 0 Å². The van der Waals surface area contributed by atoms with Gasteiger partial charge in [-0.1, -0.05) is 0 Å². The number of anilines is 2. The normalized spacial score (nSPS) is 15.8. The third-order valence-corrected chi connectivity index (χ3v) is 18.5. The Hall–Kier alpha value is -3.81. The number of hydrogen-bond acceptors (Lipinski definition) is 10. The zero-order chi connectivity index (χ0) is 36.6. The van der Waals surface area contributed by atoms with Gasteiger partial charge in [-0.15, -0.1) is 0 Å². The van der Waals surface area contributed by atoms with Crippen LogP contribution in [0, 0.1) is 2.88 Å². The number of methoxy groups -OCH3 is 2. The van der Waals surface area contributed by atoms with Gasteiger partial charge in [0.2, 0.25) is 0 Å². The van der Waals surface area contributed by atoms with E-state index in [0.717, 1.165) is 38.7 Å². The number of ether oxygens (including phenoxy) is 4. The Kier molecular flexibility index (Phi) is 8.69. The summed E-state index contributed by atoms with van der Waals surface area (Å²) in [5, 5.41) is 0. The first-order valence-corrected chi connectivity index (χ1v) is 23.7. The van der Waals surface area contributed by atoms with Crippen molar-refractivity contribution in [2.75, 3.05) is 22.8 Å². The van der Waals surface area contributed by atoms with Crippen LogP contribution in [0.4, 0.5) is 11.4 Å². The summed E-state index contributed by atoms with van der Waals surface area (Å²) >= 11 is 5.67. The van der Waals surface area contributed by atoms with Gasteiger partial charge in [0.05, 0.1) is 7.11 Å². The fourth-order valence-electron chi connectivity index (χ4n) is 6.54. The van der Waals surface area contributed by atoms with E-state index in [4.69, 9.17) is 18.9 Å². The topological polar surface area (TPSA) is 112 Å². The third kappa shape index (κ3) is 5.97. The standard InChI is InChI=1S/C37H27BrIN2O8S4/c1-46-23-7-11-25(12-8-23)52(42,43)40-19-21-5-3-4-6-27(21)35-30(40)18-34(51-35)39-37-48-31-15-22-20-41(53(44,45)26-13-9-24(47-2)10-14-26)29-17-33(38)50-36(29)28(22)16-32(31)49-37/h3-18,37H,19-20H2,1-2H3/q-1. The second-order valence-electron chi connectivity index (χ2n) is 12.1. The van der Waals surface area contributed by atoms with E-state index in [2.05, 4.69) is 15.9 Å². The Bertz CT molecular complexity index is 2650. The maximum absolute atomic E-state index is 14.1. The van der Waals surface area contributed by atoms with Crippen molar-refractivity contribution in [3.8, 4) is 43.9 Å². The van der Waals surface area contributed by atoms with E-state index in [1.165, 1.54) is 27.1 Å². The van der Waals surface area contributed by atoms with Crippen molar-refractivity contribution in [3.05, 3.63) is 115 Å². The second-order valence-corrected chi connectivity index (χ2v) is 22.9. The summed E-state index contributed by atoms with van der Waals surface area (Å²) in [7, 11) is -4.72. The molecule has 0 bridgehead atoms. The molecule has 53 heavy (non-hydrogen) atoms. The average molecular weight is 963 g/mol. The molecule has 2 aromatic heterocycles. The Morgan fingerprint density at radius 2 is 1.23 bits per heavy atom. The van der Waals surface area contributed by atoms with Crippen LogP contribution in [0.25, 0.3) is 20.9 Å². The Labute approximate surface area is 333 Å². The second kappa shape index (κ2) is 13.2. The molecule has 16 heteroatoms. The molecular weight excluding hydrogens is 935 g/mol. The van der Waals surface area contributed by atoms with Crippen LogP contribution < -0.4 is 48.8 Å². The van der Waals surface area contributed by atoms with Crippen LogP contribution in [-0.4, -0.2) is 35.4 Å². The minimum absolute atomic E-state index is 0.117. The molecule has 0 aliphatic carbocycles. The van der Waals surface area contributed by atoms with Crippen LogP contribution in [0.3, 0.4) is 0 Å². The summed E-state index contributed by atoms with van der Waals surface area (Å²) in [6, 6.07) is 28.3. The molecule has 5 heterocycles. The van der Waals surface area contributed by atoms with E-state index >= 15 is 0 Å². The molecule has 0 N–H and O–H groups in total. The molecule has 3 aliphatic rings. The fraction of sp³-hybridized carbons (Fsp3) is 0.135. The van der Waals surface area contributed by atoms with Gasteiger partial charge >= 0.3 is 324 Å². The average Bonchev–Trinajstić information content (AvgIpc) is 3.89. The number of benzene rings is 4. The predicted octanol–water partition coefficient (Wildman–Crippen LogP) is 5.35. The van der Waals surface area contributed by atoms with Crippen molar-refractivity contribution in [2.24, 2.45) is 0 Å². The minimum atomic E-state index is -3.91. The molecule has 6 aromatic rings. The van der Waals surface area contributed by atoms with Gasteiger partial charge < -0.3 is 4.74 Å². The first kappa shape index (κ1) is 34.9. The number of alkyl halides is 1. The Morgan fingerprint density at radius 3 is 1.85 bits per heavy atom. The van der Waals surface area contributed by atoms with Gasteiger partial charge in [-0.05, 0) is 0 Å². The van der Waals surface area contributed by atoms with E-state index in [1.807, 2.05) is 48.5 Å². The number of fused-ring (bicyclic) bond motifs is 7. The van der Waals surface area contributed by atoms with Gasteiger partial charge in [0, 0.05) is 0 Å². The molecule has 0 fully saturated rings. The molecule has 0 amide bonds. The van der Waals surface area contributed by atoms with E-state index in [-0.39, 0.29) is 22.9 Å². The first-order valence-electron chi connectivity index (χ1n) is 16.0. The molecule has 272 valence electrons. The molecular formula is C37H27BrIN2O8S4-. The first-order chi connectivity index (χ1) is 25.5. The number of sulfonamides is 2. The zero-order valence-corrected chi connectivity index (χ0v) is 34.8. The molecule has 0 saturated carbocycles. The summed E-state index contributed by atoms with van der Waals surface area (Å²) in [6.45, 7) is 0.331. The molecule has 9 rings (SSSR count). The molecule has 0 spiro atoms. The van der Waals surface area contributed by atoms with Crippen LogP contribution in [0.2, 0.25) is 0 Å². The van der Waals surface area contributed by atoms with Crippen molar-refractivity contribution < 1.29 is 57.0 Å². The van der Waals surface area contributed by atoms with E-state index in [0.29, 0.717) is 34.4 Å². The summed E-state index contributed by atoms with van der Waals surface area (Å²) in [6.07, 6.45) is 0. The van der Waals surface area contributed by atoms with Gasteiger partial charge in [-0.2, -0.15) is 0 Å². The number of hydrogen-bond donors (Lipinski definition) is 0. The number of halogens is 2. The van der Waals surface area contributed by atoms with Crippen molar-refractivity contribution in [2.45, 2.75) is 27.2 Å². The molecule has 1 atom stereocenters. The fourth-order valence-corrected chi connectivity index (χ4v) is 15.5. The number of thiophene rings is 2. The molecule has 10 nitrogen and oxygen atoms in total. The summed E-state index contributed by atoms with van der Waals surface area (Å²) in [5.41, 5.74) is 4.86.